The summed E-state index contributed by atoms with van der Waals surface area (Å²) in [5, 5.41) is 20.3. The second kappa shape index (κ2) is 22.8. The molecular weight excluding hydrogens is 975 g/mol. The van der Waals surface area contributed by atoms with Crippen LogP contribution in [0.2, 0.25) is 0 Å². The van der Waals surface area contributed by atoms with Gasteiger partial charge in [0.05, 0.1) is 34.9 Å². The molecule has 9 aromatic rings. The number of fused-ring (bicyclic) bond motifs is 1. The predicted octanol–water partition coefficient (Wildman–Crippen LogP) is 5.65. The van der Waals surface area contributed by atoms with Crippen molar-refractivity contribution in [1.82, 2.24) is 10.3 Å². The largest absolute Gasteiger partial charge is 0.456 e. The van der Waals surface area contributed by atoms with E-state index in [1.807, 2.05) is 84.9 Å². The summed E-state index contributed by atoms with van der Waals surface area (Å²) in [7, 11) is -7.18. The SMILES string of the molecule is O=C(OCc1ccc(-c2ccc([P+](c3ccccc3)(c3ccccc3)c3ccccc3)cc2)cc1)c1cc2c([nH]1)[C@H](c1ccc([N+](=O)[O-])cc1)N[C@@H](Cc1ccccc1)C(=O)N2Cc1ccccc1.[O-][Cl+3]([O-])([O-])[O-]. The molecule has 74 heavy (non-hydrogen) atoms. The number of nitro benzene ring substituents is 1. The summed E-state index contributed by atoms with van der Waals surface area (Å²) in [6.07, 6.45) is 0.399. The van der Waals surface area contributed by atoms with Gasteiger partial charge in [-0.25, -0.2) is 23.4 Å². The van der Waals surface area contributed by atoms with Crippen molar-refractivity contribution in [2.45, 2.75) is 31.7 Å². The number of esters is 1. The zero-order chi connectivity index (χ0) is 51.7. The van der Waals surface area contributed by atoms with Crippen LogP contribution in [-0.4, -0.2) is 27.8 Å². The molecule has 2 N–H and O–H groups in total. The topological polar surface area (TPSA) is 210 Å². The molecule has 370 valence electrons. The second-order valence-electron chi connectivity index (χ2n) is 17.5. The van der Waals surface area contributed by atoms with E-state index in [0.29, 0.717) is 23.4 Å². The molecule has 8 aromatic carbocycles. The smallest absolute Gasteiger partial charge is 0.355 e. The van der Waals surface area contributed by atoms with E-state index in [9.17, 15) is 19.7 Å². The number of halogens is 1. The number of nitro groups is 1. The molecule has 13 nitrogen and oxygen atoms in total. The number of hydrogen-bond donors (Lipinski definition) is 2. The van der Waals surface area contributed by atoms with E-state index >= 15 is 0 Å². The minimum absolute atomic E-state index is 0.0236. The number of nitrogens with one attached hydrogen (secondary N) is 2. The maximum absolute atomic E-state index is 14.7. The van der Waals surface area contributed by atoms with Crippen LogP contribution in [0.5, 0.6) is 0 Å². The van der Waals surface area contributed by atoms with E-state index < -0.39 is 40.5 Å². The molecular formula is C59H48ClN4O9P. The van der Waals surface area contributed by atoms with Crippen molar-refractivity contribution in [3.63, 3.8) is 0 Å². The van der Waals surface area contributed by atoms with Gasteiger partial charge >= 0.3 is 5.97 Å². The summed E-state index contributed by atoms with van der Waals surface area (Å²) >= 11 is 0. The minimum atomic E-state index is -4.94. The van der Waals surface area contributed by atoms with Gasteiger partial charge in [-0.05, 0) is 94.4 Å². The Kier molecular flexibility index (Phi) is 15.6. The van der Waals surface area contributed by atoms with E-state index in [4.69, 9.17) is 23.4 Å². The monoisotopic (exact) mass is 1020 g/mol. The number of rotatable bonds is 14. The Labute approximate surface area is 430 Å². The normalized spacial score (nSPS) is 14.5. The van der Waals surface area contributed by atoms with Gasteiger partial charge in [-0.1, -0.05) is 164 Å². The number of non-ortho nitro benzene ring substituents is 1. The Morgan fingerprint density at radius 3 is 1.51 bits per heavy atom. The number of H-pyrrole nitrogens is 1. The Hall–Kier alpha value is -8.10. The minimum Gasteiger partial charge on any atom is -0.456 e. The summed E-state index contributed by atoms with van der Waals surface area (Å²) in [4.78, 5) is 45.0. The number of ether oxygens (including phenoxy) is 1. The number of amides is 1. The van der Waals surface area contributed by atoms with Crippen LogP contribution in [-0.2, 0) is 29.1 Å². The first-order valence-electron chi connectivity index (χ1n) is 23.5. The molecule has 1 aliphatic heterocycles. The molecule has 0 spiro atoms. The molecule has 2 heterocycles. The van der Waals surface area contributed by atoms with Crippen molar-refractivity contribution in [3.8, 4) is 11.1 Å². The zero-order valence-electron chi connectivity index (χ0n) is 39.6. The fourth-order valence-corrected chi connectivity index (χ4v) is 13.6. The Balaban J connectivity index is 0.00000128. The highest BCUT2D eigenvalue weighted by Gasteiger charge is 2.47. The number of benzene rings is 8. The average molecular weight is 1020 g/mol. The summed E-state index contributed by atoms with van der Waals surface area (Å²) in [6, 6.07) is 75.5. The fraction of sp³-hybridized carbons (Fsp3) is 0.0847. The van der Waals surface area contributed by atoms with Gasteiger partial charge in [0.1, 0.15) is 40.8 Å². The highest BCUT2D eigenvalue weighted by atomic mass is 35.7. The first-order chi connectivity index (χ1) is 35.8. The molecule has 15 heteroatoms. The molecule has 0 saturated heterocycles. The molecule has 1 aromatic heterocycles. The van der Waals surface area contributed by atoms with Gasteiger partial charge in [0, 0.05) is 12.1 Å². The van der Waals surface area contributed by atoms with Crippen molar-refractivity contribution in [2.75, 3.05) is 4.90 Å². The standard InChI is InChI=1S/C59H47N4O5P.ClHO4/c64-58-53(38-42-16-6-1-7-17-42)60-56(47-30-34-48(35-31-47)63(66)67)57-55(62(58)40-43-18-8-2-9-19-43)39-54(61-57)59(65)68-41-44-26-28-45(29-27-44)46-32-36-52(37-33-46)69(49-20-10-3-11-21-49,50-22-12-4-13-23-50)51-24-14-5-15-25-51;2-1(3,4)5/h1-37,39,53,56,60H,38,40-41H2;(H,2,3,4,5)/t53-,56-;/m0./s1. The van der Waals surface area contributed by atoms with Crippen LogP contribution in [0.4, 0.5) is 11.4 Å². The zero-order valence-corrected chi connectivity index (χ0v) is 41.3. The summed E-state index contributed by atoms with van der Waals surface area (Å²) in [6.45, 7) is 0.277. The lowest BCUT2D eigenvalue weighted by Crippen LogP contribution is -2.68. The molecule has 2 atom stereocenters. The quantitative estimate of drug-likeness (QED) is 0.0592. The first kappa shape index (κ1) is 50.8. The van der Waals surface area contributed by atoms with Gasteiger partial charge in [0.2, 0.25) is 5.91 Å². The highest BCUT2D eigenvalue weighted by Crippen LogP contribution is 2.54. The molecule has 1 amide bonds. The van der Waals surface area contributed by atoms with Crippen molar-refractivity contribution in [1.29, 1.82) is 0 Å². The number of aromatic nitrogens is 1. The number of nitrogens with zero attached hydrogens (tertiary/aromatic N) is 2. The van der Waals surface area contributed by atoms with Gasteiger partial charge in [0.15, 0.2) is 0 Å². The molecule has 1 aliphatic rings. The van der Waals surface area contributed by atoms with E-state index in [1.54, 1.807) is 23.1 Å². The molecule has 0 bridgehead atoms. The summed E-state index contributed by atoms with van der Waals surface area (Å²) in [5.41, 5.74) is 6.71. The van der Waals surface area contributed by atoms with Crippen LogP contribution >= 0.6 is 7.26 Å². The molecule has 10 rings (SSSR count). The van der Waals surface area contributed by atoms with Gasteiger partial charge in [-0.2, -0.15) is 0 Å². The summed E-state index contributed by atoms with van der Waals surface area (Å²) < 4.78 is 39.9. The lowest BCUT2D eigenvalue weighted by Gasteiger charge is -2.27. The van der Waals surface area contributed by atoms with Crippen LogP contribution in [0.15, 0.2) is 231 Å². The second-order valence-corrected chi connectivity index (χ2v) is 21.6. The third-order valence-corrected chi connectivity index (χ3v) is 17.1. The molecule has 0 unspecified atom stereocenters. The van der Waals surface area contributed by atoms with E-state index in [0.717, 1.165) is 27.8 Å². The maximum Gasteiger partial charge on any atom is 0.355 e. The third kappa shape index (κ3) is 11.7. The van der Waals surface area contributed by atoms with Crippen LogP contribution in [0, 0.1) is 20.4 Å². The van der Waals surface area contributed by atoms with Crippen LogP contribution < -0.4 is 50.1 Å². The molecule has 0 aliphatic carbocycles. The molecule has 0 radical (unpaired) electrons. The summed E-state index contributed by atoms with van der Waals surface area (Å²) in [5.74, 6) is -0.758. The average Bonchev–Trinajstić information content (AvgIpc) is 3.84. The number of carbonyl (C=O) groups is 2. The fourth-order valence-electron chi connectivity index (χ4n) is 9.40. The predicted molar refractivity (Wildman–Crippen MR) is 276 cm³/mol. The van der Waals surface area contributed by atoms with E-state index in [-0.39, 0.29) is 30.4 Å². The maximum atomic E-state index is 14.7. The van der Waals surface area contributed by atoms with Crippen LogP contribution in [0.25, 0.3) is 11.1 Å². The molecule has 0 saturated carbocycles. The van der Waals surface area contributed by atoms with Crippen molar-refractivity contribution < 1.29 is 48.1 Å². The number of anilines is 1. The lowest BCUT2D eigenvalue weighted by atomic mass is 10.00. The number of carbonyl (C=O) groups excluding carboxylic acids is 2. The van der Waals surface area contributed by atoms with Crippen LogP contribution in [0.3, 0.4) is 0 Å². The van der Waals surface area contributed by atoms with Crippen LogP contribution in [0.1, 0.15) is 44.5 Å². The molecule has 0 fully saturated rings. The van der Waals surface area contributed by atoms with Gasteiger partial charge in [-0.15, -0.1) is 10.2 Å². The Bertz CT molecular complexity index is 3210. The highest BCUT2D eigenvalue weighted by molar-refractivity contribution is 8.01. The van der Waals surface area contributed by atoms with Gasteiger partial charge < -0.3 is 14.6 Å². The van der Waals surface area contributed by atoms with E-state index in [2.05, 4.69) is 126 Å². The number of hydrogen-bond acceptors (Lipinski definition) is 10. The van der Waals surface area contributed by atoms with Gasteiger partial charge in [0.25, 0.3) is 5.69 Å². The number of aromatic amines is 1. The lowest BCUT2D eigenvalue weighted by molar-refractivity contribution is -2.00. The first-order valence-corrected chi connectivity index (χ1v) is 26.5. The van der Waals surface area contributed by atoms with Crippen molar-refractivity contribution in [2.24, 2.45) is 0 Å². The third-order valence-electron chi connectivity index (χ3n) is 12.8. The Morgan fingerprint density at radius 2 is 1.03 bits per heavy atom. The van der Waals surface area contributed by atoms with Crippen molar-refractivity contribution in [3.05, 3.63) is 274 Å². The van der Waals surface area contributed by atoms with Crippen molar-refractivity contribution >= 4 is 51.7 Å². The van der Waals surface area contributed by atoms with Gasteiger partial charge in [-0.3, -0.25) is 20.2 Å². The van der Waals surface area contributed by atoms with E-state index in [1.165, 1.54) is 33.4 Å². The Morgan fingerprint density at radius 1 is 0.581 bits per heavy atom.